The summed E-state index contributed by atoms with van der Waals surface area (Å²) in [6.07, 6.45) is 2.08. The summed E-state index contributed by atoms with van der Waals surface area (Å²) in [5.41, 5.74) is 2.93. The lowest BCUT2D eigenvalue weighted by atomic mass is 9.88. The van der Waals surface area contributed by atoms with Gasteiger partial charge in [0.2, 0.25) is 0 Å². The van der Waals surface area contributed by atoms with E-state index in [4.69, 9.17) is 4.74 Å². The van der Waals surface area contributed by atoms with Crippen molar-refractivity contribution in [3.05, 3.63) is 59.8 Å². The molecule has 0 spiro atoms. The molecular formula is C18H17NO3. The lowest BCUT2D eigenvalue weighted by molar-refractivity contribution is 0.0507. The first-order chi connectivity index (χ1) is 10.7. The second kappa shape index (κ2) is 5.07. The molecule has 0 amide bonds. The molecule has 0 aliphatic carbocycles. The third-order valence-corrected chi connectivity index (χ3v) is 4.37. The minimum Gasteiger partial charge on any atom is -0.508 e. The van der Waals surface area contributed by atoms with Crippen LogP contribution in [0.3, 0.4) is 0 Å². The zero-order valence-corrected chi connectivity index (χ0v) is 12.0. The molecule has 3 N–H and O–H groups in total. The summed E-state index contributed by atoms with van der Waals surface area (Å²) in [5.74, 6) is 0.767. The lowest BCUT2D eigenvalue weighted by Gasteiger charge is -2.30. The van der Waals surface area contributed by atoms with Crippen LogP contribution in [0, 0.1) is 5.92 Å². The molecular weight excluding hydrogens is 278 g/mol. The normalized spacial score (nSPS) is 20.6. The first-order valence-corrected chi connectivity index (χ1v) is 7.41. The van der Waals surface area contributed by atoms with E-state index >= 15 is 0 Å². The van der Waals surface area contributed by atoms with Gasteiger partial charge in [-0.1, -0.05) is 18.2 Å². The van der Waals surface area contributed by atoms with Crippen LogP contribution in [0.4, 0.5) is 0 Å². The molecule has 0 unspecified atom stereocenters. The van der Waals surface area contributed by atoms with E-state index in [-0.39, 0.29) is 11.7 Å². The number of fused-ring (bicyclic) bond motifs is 2. The van der Waals surface area contributed by atoms with Gasteiger partial charge in [0.1, 0.15) is 11.5 Å². The van der Waals surface area contributed by atoms with Crippen molar-refractivity contribution in [3.63, 3.8) is 0 Å². The summed E-state index contributed by atoms with van der Waals surface area (Å²) in [6, 6.07) is 13.0. The largest absolute Gasteiger partial charge is 0.508 e. The van der Waals surface area contributed by atoms with Gasteiger partial charge in [-0.25, -0.2) is 0 Å². The number of H-pyrrole nitrogens is 1. The van der Waals surface area contributed by atoms with Crippen molar-refractivity contribution in [1.82, 2.24) is 4.98 Å². The number of aliphatic hydroxyl groups excluding tert-OH is 1. The molecule has 0 saturated carbocycles. The molecule has 112 valence electrons. The first kappa shape index (κ1) is 13.2. The van der Waals surface area contributed by atoms with Crippen molar-refractivity contribution in [3.8, 4) is 11.5 Å². The number of hydrogen-bond donors (Lipinski definition) is 3. The molecule has 1 aromatic heterocycles. The van der Waals surface area contributed by atoms with Crippen LogP contribution in [-0.2, 0) is 6.42 Å². The number of benzene rings is 2. The Morgan fingerprint density at radius 3 is 2.95 bits per heavy atom. The highest BCUT2D eigenvalue weighted by Crippen LogP contribution is 2.39. The van der Waals surface area contributed by atoms with E-state index in [9.17, 15) is 10.2 Å². The molecule has 0 saturated heterocycles. The SMILES string of the molecule is Oc1ccc2c(c1)[C@H](O)[C@H](Cc1c[nH]c3ccccc13)CO2. The monoisotopic (exact) mass is 295 g/mol. The smallest absolute Gasteiger partial charge is 0.125 e. The predicted molar refractivity (Wildman–Crippen MR) is 84.1 cm³/mol. The number of aliphatic hydroxyl groups is 1. The molecule has 2 atom stereocenters. The van der Waals surface area contributed by atoms with Crippen molar-refractivity contribution in [1.29, 1.82) is 0 Å². The van der Waals surface area contributed by atoms with Crippen LogP contribution >= 0.6 is 0 Å². The Morgan fingerprint density at radius 1 is 1.18 bits per heavy atom. The van der Waals surface area contributed by atoms with Gasteiger partial charge in [-0.05, 0) is 36.2 Å². The number of ether oxygens (including phenoxy) is 1. The van der Waals surface area contributed by atoms with E-state index in [0.717, 1.165) is 11.9 Å². The molecule has 2 heterocycles. The number of aromatic nitrogens is 1. The Hall–Kier alpha value is -2.46. The van der Waals surface area contributed by atoms with E-state index < -0.39 is 6.10 Å². The third-order valence-electron chi connectivity index (χ3n) is 4.37. The number of aromatic amines is 1. The minimum absolute atomic E-state index is 0.0338. The molecule has 1 aliphatic heterocycles. The Bertz CT molecular complexity index is 824. The van der Waals surface area contributed by atoms with E-state index in [2.05, 4.69) is 11.1 Å². The van der Waals surface area contributed by atoms with Gasteiger partial charge in [-0.3, -0.25) is 0 Å². The number of aromatic hydroxyl groups is 1. The average molecular weight is 295 g/mol. The molecule has 0 fully saturated rings. The summed E-state index contributed by atoms with van der Waals surface area (Å²) in [7, 11) is 0. The lowest BCUT2D eigenvalue weighted by Crippen LogP contribution is -2.27. The van der Waals surface area contributed by atoms with Gasteiger partial charge in [0.05, 0.1) is 12.7 Å². The number of hydrogen-bond acceptors (Lipinski definition) is 3. The van der Waals surface area contributed by atoms with Crippen LogP contribution in [0.15, 0.2) is 48.7 Å². The van der Waals surface area contributed by atoms with Crippen LogP contribution in [0.2, 0.25) is 0 Å². The van der Waals surface area contributed by atoms with Crippen molar-refractivity contribution >= 4 is 10.9 Å². The molecule has 22 heavy (non-hydrogen) atoms. The summed E-state index contributed by atoms with van der Waals surface area (Å²) < 4.78 is 5.74. The highest BCUT2D eigenvalue weighted by atomic mass is 16.5. The Morgan fingerprint density at radius 2 is 2.05 bits per heavy atom. The summed E-state index contributed by atoms with van der Waals surface area (Å²) in [5, 5.41) is 21.4. The first-order valence-electron chi connectivity index (χ1n) is 7.41. The van der Waals surface area contributed by atoms with Gasteiger partial charge >= 0.3 is 0 Å². The molecule has 4 heteroatoms. The van der Waals surface area contributed by atoms with Gasteiger partial charge in [0, 0.05) is 28.6 Å². The summed E-state index contributed by atoms with van der Waals surface area (Å²) in [4.78, 5) is 3.26. The fraction of sp³-hybridized carbons (Fsp3) is 0.222. The number of nitrogens with one attached hydrogen (secondary N) is 1. The van der Waals surface area contributed by atoms with Gasteiger partial charge in [-0.15, -0.1) is 0 Å². The average Bonchev–Trinajstić information content (AvgIpc) is 2.94. The van der Waals surface area contributed by atoms with Crippen molar-refractivity contribution in [2.24, 2.45) is 5.92 Å². The maximum Gasteiger partial charge on any atom is 0.125 e. The quantitative estimate of drug-likeness (QED) is 0.680. The number of phenolic OH excluding ortho intramolecular Hbond substituents is 1. The molecule has 1 aliphatic rings. The summed E-state index contributed by atoms with van der Waals surface area (Å²) >= 11 is 0. The zero-order chi connectivity index (χ0) is 15.1. The fourth-order valence-electron chi connectivity index (χ4n) is 3.19. The molecule has 2 aromatic carbocycles. The van der Waals surface area contributed by atoms with E-state index in [1.165, 1.54) is 10.9 Å². The van der Waals surface area contributed by atoms with Gasteiger partial charge in [-0.2, -0.15) is 0 Å². The highest BCUT2D eigenvalue weighted by molar-refractivity contribution is 5.83. The van der Waals surface area contributed by atoms with Crippen LogP contribution in [0.1, 0.15) is 17.2 Å². The fourth-order valence-corrected chi connectivity index (χ4v) is 3.19. The number of phenols is 1. The zero-order valence-electron chi connectivity index (χ0n) is 12.0. The topological polar surface area (TPSA) is 65.5 Å². The van der Waals surface area contributed by atoms with Crippen LogP contribution < -0.4 is 4.74 Å². The van der Waals surface area contributed by atoms with E-state index in [1.54, 1.807) is 18.2 Å². The minimum atomic E-state index is -0.635. The number of rotatable bonds is 2. The predicted octanol–water partition coefficient (Wildman–Crippen LogP) is 3.16. The third kappa shape index (κ3) is 2.12. The Balaban J connectivity index is 1.64. The van der Waals surface area contributed by atoms with Crippen molar-refractivity contribution in [2.75, 3.05) is 6.61 Å². The second-order valence-electron chi connectivity index (χ2n) is 5.80. The van der Waals surface area contributed by atoms with E-state index in [0.29, 0.717) is 17.9 Å². The molecule has 4 rings (SSSR count). The Labute approximate surface area is 128 Å². The maximum absolute atomic E-state index is 10.6. The van der Waals surface area contributed by atoms with Crippen LogP contribution in [0.25, 0.3) is 10.9 Å². The van der Waals surface area contributed by atoms with E-state index in [1.807, 2.05) is 24.4 Å². The van der Waals surface area contributed by atoms with Gasteiger partial charge in [0.25, 0.3) is 0 Å². The van der Waals surface area contributed by atoms with Gasteiger partial charge < -0.3 is 19.9 Å². The van der Waals surface area contributed by atoms with Crippen molar-refractivity contribution < 1.29 is 14.9 Å². The Kier molecular flexibility index (Phi) is 3.05. The molecule has 4 nitrogen and oxygen atoms in total. The highest BCUT2D eigenvalue weighted by Gasteiger charge is 2.30. The van der Waals surface area contributed by atoms with Crippen LogP contribution in [0.5, 0.6) is 11.5 Å². The molecule has 0 bridgehead atoms. The second-order valence-corrected chi connectivity index (χ2v) is 5.80. The van der Waals surface area contributed by atoms with Crippen LogP contribution in [-0.4, -0.2) is 21.8 Å². The standard InChI is InChI=1S/C18H17NO3/c20-13-5-6-17-15(8-13)18(21)12(10-22-17)7-11-9-19-16-4-2-1-3-14(11)16/h1-6,8-9,12,18-21H,7,10H2/t12-,18-/m1/s1. The van der Waals surface area contributed by atoms with Gasteiger partial charge in [0.15, 0.2) is 0 Å². The molecule has 0 radical (unpaired) electrons. The summed E-state index contributed by atoms with van der Waals surface area (Å²) in [6.45, 7) is 0.471. The van der Waals surface area contributed by atoms with Crippen molar-refractivity contribution in [2.45, 2.75) is 12.5 Å². The number of para-hydroxylation sites is 1. The molecule has 3 aromatic rings. The maximum atomic E-state index is 10.6.